The van der Waals surface area contributed by atoms with Gasteiger partial charge in [-0.3, -0.25) is 9.59 Å². The average Bonchev–Trinajstić information content (AvgIpc) is 2.39. The van der Waals surface area contributed by atoms with Gasteiger partial charge in [-0.05, 0) is 51.5 Å². The molecule has 0 aliphatic heterocycles. The smallest absolute Gasteiger partial charge is 0.310 e. The molecule has 0 radical (unpaired) electrons. The Bertz CT molecular complexity index is 542. The second-order valence-electron chi connectivity index (χ2n) is 5.58. The number of nitrogens with one attached hydrogen (secondary N) is 1. The number of carbonyl (C=O) groups excluding carboxylic acids is 1. The van der Waals surface area contributed by atoms with E-state index in [1.54, 1.807) is 39.0 Å². The molecule has 0 spiro atoms. The van der Waals surface area contributed by atoms with Crippen molar-refractivity contribution in [1.82, 2.24) is 5.32 Å². The minimum atomic E-state index is -1.02. The molecule has 1 atom stereocenters. The van der Waals surface area contributed by atoms with Crippen LogP contribution >= 0.6 is 11.6 Å². The molecule has 1 rings (SSSR count). The zero-order valence-electron chi connectivity index (χ0n) is 12.6. The van der Waals surface area contributed by atoms with E-state index in [9.17, 15) is 9.59 Å². The van der Waals surface area contributed by atoms with E-state index in [4.69, 9.17) is 21.4 Å². The number of benzene rings is 1. The lowest BCUT2D eigenvalue weighted by atomic mass is 9.94. The Kier molecular flexibility index (Phi) is 5.61. The molecule has 6 heteroatoms. The standard InChI is InChI=1S/C15H20ClNO4/c1-9-7-11(16)5-6-12(9)21-10(2)13(18)17-8-15(3,4)14(19)20/h5-7,10H,8H2,1-4H3,(H,17,18)(H,19,20). The highest BCUT2D eigenvalue weighted by Crippen LogP contribution is 2.23. The first-order valence-corrected chi connectivity index (χ1v) is 6.95. The van der Waals surface area contributed by atoms with Gasteiger partial charge in [0.05, 0.1) is 5.41 Å². The van der Waals surface area contributed by atoms with Crippen LogP contribution in [0, 0.1) is 12.3 Å². The Morgan fingerprint density at radius 2 is 2.05 bits per heavy atom. The second kappa shape index (κ2) is 6.80. The Labute approximate surface area is 129 Å². The fourth-order valence-corrected chi connectivity index (χ4v) is 1.74. The quantitative estimate of drug-likeness (QED) is 0.846. The molecule has 0 aliphatic carbocycles. The molecule has 1 aromatic rings. The molecule has 1 unspecified atom stereocenters. The number of carboxylic acids is 1. The maximum atomic E-state index is 11.9. The third-order valence-corrected chi connectivity index (χ3v) is 3.33. The summed E-state index contributed by atoms with van der Waals surface area (Å²) in [5.74, 6) is -0.761. The molecule has 5 nitrogen and oxygen atoms in total. The van der Waals surface area contributed by atoms with Crippen molar-refractivity contribution < 1.29 is 19.4 Å². The highest BCUT2D eigenvalue weighted by atomic mass is 35.5. The molecule has 0 aliphatic rings. The van der Waals surface area contributed by atoms with E-state index in [0.717, 1.165) is 5.56 Å². The molecular weight excluding hydrogens is 294 g/mol. The summed E-state index contributed by atoms with van der Waals surface area (Å²) in [4.78, 5) is 22.9. The lowest BCUT2D eigenvalue weighted by Gasteiger charge is -2.22. The van der Waals surface area contributed by atoms with E-state index < -0.39 is 17.5 Å². The van der Waals surface area contributed by atoms with E-state index in [-0.39, 0.29) is 12.5 Å². The number of hydrogen-bond acceptors (Lipinski definition) is 3. The van der Waals surface area contributed by atoms with Gasteiger partial charge >= 0.3 is 5.97 Å². The summed E-state index contributed by atoms with van der Waals surface area (Å²) in [6.45, 7) is 6.57. The molecule has 2 N–H and O–H groups in total. The van der Waals surface area contributed by atoms with Crippen LogP contribution in [0.1, 0.15) is 26.3 Å². The Morgan fingerprint density at radius 3 is 2.57 bits per heavy atom. The van der Waals surface area contributed by atoms with Crippen molar-refractivity contribution in [2.45, 2.75) is 33.8 Å². The fraction of sp³-hybridized carbons (Fsp3) is 0.467. The number of aryl methyl sites for hydroxylation is 1. The van der Waals surface area contributed by atoms with Crippen LogP contribution in [0.2, 0.25) is 5.02 Å². The Morgan fingerprint density at radius 1 is 1.43 bits per heavy atom. The topological polar surface area (TPSA) is 75.6 Å². The van der Waals surface area contributed by atoms with Gasteiger partial charge in [-0.2, -0.15) is 0 Å². The molecule has 0 aromatic heterocycles. The van der Waals surface area contributed by atoms with Crippen LogP contribution in [0.25, 0.3) is 0 Å². The Hall–Kier alpha value is -1.75. The highest BCUT2D eigenvalue weighted by molar-refractivity contribution is 6.30. The van der Waals surface area contributed by atoms with Crippen molar-refractivity contribution in [1.29, 1.82) is 0 Å². The fourth-order valence-electron chi connectivity index (χ4n) is 1.52. The lowest BCUT2D eigenvalue weighted by Crippen LogP contribution is -2.43. The molecule has 0 fully saturated rings. The zero-order valence-corrected chi connectivity index (χ0v) is 13.3. The van der Waals surface area contributed by atoms with Crippen molar-refractivity contribution in [2.75, 3.05) is 6.54 Å². The maximum Gasteiger partial charge on any atom is 0.310 e. The van der Waals surface area contributed by atoms with Crippen LogP contribution in [0.4, 0.5) is 0 Å². The third-order valence-electron chi connectivity index (χ3n) is 3.09. The summed E-state index contributed by atoms with van der Waals surface area (Å²) in [7, 11) is 0. The second-order valence-corrected chi connectivity index (χ2v) is 6.01. The predicted octanol–water partition coefficient (Wildman–Crippen LogP) is 2.64. The van der Waals surface area contributed by atoms with Crippen LogP contribution in [0.5, 0.6) is 5.75 Å². The molecule has 0 heterocycles. The number of rotatable bonds is 6. The first-order valence-electron chi connectivity index (χ1n) is 6.57. The molecule has 0 saturated heterocycles. The first kappa shape index (κ1) is 17.3. The number of carboxylic acid groups (broad SMARTS) is 1. The lowest BCUT2D eigenvalue weighted by molar-refractivity contribution is -0.147. The van der Waals surface area contributed by atoms with Gasteiger partial charge in [-0.1, -0.05) is 11.6 Å². The summed E-state index contributed by atoms with van der Waals surface area (Å²) >= 11 is 5.86. The molecular formula is C15H20ClNO4. The van der Waals surface area contributed by atoms with Gasteiger partial charge in [0, 0.05) is 11.6 Å². The SMILES string of the molecule is Cc1cc(Cl)ccc1OC(C)C(=O)NCC(C)(C)C(=O)O. The normalized spacial score (nSPS) is 12.6. The van der Waals surface area contributed by atoms with Gasteiger partial charge in [-0.15, -0.1) is 0 Å². The van der Waals surface area contributed by atoms with E-state index in [2.05, 4.69) is 5.32 Å². The van der Waals surface area contributed by atoms with Crippen LogP contribution in [0.15, 0.2) is 18.2 Å². The van der Waals surface area contributed by atoms with Crippen molar-refractivity contribution >= 4 is 23.5 Å². The maximum absolute atomic E-state index is 11.9. The Balaban J connectivity index is 2.61. The number of ether oxygens (including phenoxy) is 1. The van der Waals surface area contributed by atoms with E-state index in [1.165, 1.54) is 0 Å². The van der Waals surface area contributed by atoms with Gasteiger partial charge in [0.15, 0.2) is 6.10 Å². The average molecular weight is 314 g/mol. The molecule has 1 amide bonds. The van der Waals surface area contributed by atoms with Gasteiger partial charge in [-0.25, -0.2) is 0 Å². The minimum Gasteiger partial charge on any atom is -0.481 e. The first-order chi connectivity index (χ1) is 9.63. The largest absolute Gasteiger partial charge is 0.481 e. The van der Waals surface area contributed by atoms with Crippen LogP contribution in [0.3, 0.4) is 0 Å². The molecule has 116 valence electrons. The summed E-state index contributed by atoms with van der Waals surface area (Å²) in [6, 6.07) is 5.12. The number of halogens is 1. The predicted molar refractivity (Wildman–Crippen MR) is 80.7 cm³/mol. The summed E-state index contributed by atoms with van der Waals surface area (Å²) < 4.78 is 5.57. The van der Waals surface area contributed by atoms with Crippen molar-refractivity contribution in [3.63, 3.8) is 0 Å². The van der Waals surface area contributed by atoms with Gasteiger partial charge in [0.2, 0.25) is 0 Å². The molecule has 0 bridgehead atoms. The highest BCUT2D eigenvalue weighted by Gasteiger charge is 2.28. The van der Waals surface area contributed by atoms with Gasteiger partial charge in [0.25, 0.3) is 5.91 Å². The third kappa shape index (κ3) is 4.93. The van der Waals surface area contributed by atoms with Crippen molar-refractivity contribution in [3.05, 3.63) is 28.8 Å². The number of hydrogen-bond donors (Lipinski definition) is 2. The van der Waals surface area contributed by atoms with E-state index in [1.807, 2.05) is 6.92 Å². The summed E-state index contributed by atoms with van der Waals surface area (Å²) in [6.07, 6.45) is -0.727. The number of carbonyl (C=O) groups is 2. The number of aliphatic carboxylic acids is 1. The number of amides is 1. The molecule has 1 aromatic carbocycles. The van der Waals surface area contributed by atoms with Crippen molar-refractivity contribution in [3.8, 4) is 5.75 Å². The molecule has 21 heavy (non-hydrogen) atoms. The van der Waals surface area contributed by atoms with E-state index >= 15 is 0 Å². The monoisotopic (exact) mass is 313 g/mol. The van der Waals surface area contributed by atoms with Crippen LogP contribution in [-0.4, -0.2) is 29.6 Å². The zero-order chi connectivity index (χ0) is 16.2. The molecule has 0 saturated carbocycles. The summed E-state index contributed by atoms with van der Waals surface area (Å²) in [5, 5.41) is 12.2. The van der Waals surface area contributed by atoms with Crippen LogP contribution < -0.4 is 10.1 Å². The van der Waals surface area contributed by atoms with Crippen molar-refractivity contribution in [2.24, 2.45) is 5.41 Å². The summed E-state index contributed by atoms with van der Waals surface area (Å²) in [5.41, 5.74) is -0.195. The minimum absolute atomic E-state index is 0.0362. The van der Waals surface area contributed by atoms with Gasteiger partial charge < -0.3 is 15.2 Å². The van der Waals surface area contributed by atoms with E-state index in [0.29, 0.717) is 10.8 Å². The van der Waals surface area contributed by atoms with Crippen LogP contribution in [-0.2, 0) is 9.59 Å². The van der Waals surface area contributed by atoms with Gasteiger partial charge in [0.1, 0.15) is 5.75 Å².